The van der Waals surface area contributed by atoms with Gasteiger partial charge in [0.15, 0.2) is 0 Å². The summed E-state index contributed by atoms with van der Waals surface area (Å²) >= 11 is 0. The number of nitrogens with zero attached hydrogens (tertiary/aromatic N) is 1. The molecule has 0 bridgehead atoms. The zero-order valence-corrected chi connectivity index (χ0v) is 12.8. The van der Waals surface area contributed by atoms with E-state index >= 15 is 0 Å². The van der Waals surface area contributed by atoms with Crippen LogP contribution in [0.15, 0.2) is 24.3 Å². The second kappa shape index (κ2) is 6.42. The van der Waals surface area contributed by atoms with Gasteiger partial charge in [-0.3, -0.25) is 0 Å². The Bertz CT molecular complexity index is 402. The third-order valence-corrected chi connectivity index (χ3v) is 4.49. The van der Waals surface area contributed by atoms with Crippen molar-refractivity contribution >= 4 is 5.69 Å². The van der Waals surface area contributed by atoms with Crippen molar-refractivity contribution in [3.63, 3.8) is 0 Å². The van der Waals surface area contributed by atoms with Gasteiger partial charge in [-0.1, -0.05) is 38.5 Å². The minimum absolute atomic E-state index is 0.601. The minimum Gasteiger partial charge on any atom is -0.382 e. The first-order valence-electron chi connectivity index (χ1n) is 7.66. The van der Waals surface area contributed by atoms with Gasteiger partial charge in [0.2, 0.25) is 0 Å². The second-order valence-electron chi connectivity index (χ2n) is 6.16. The number of anilines is 1. The molecule has 2 rings (SSSR count). The lowest BCUT2D eigenvalue weighted by Gasteiger charge is -2.40. The van der Waals surface area contributed by atoms with Gasteiger partial charge in [-0.25, -0.2) is 0 Å². The van der Waals surface area contributed by atoms with E-state index in [9.17, 15) is 0 Å². The minimum atomic E-state index is 0.601. The van der Waals surface area contributed by atoms with Gasteiger partial charge in [-0.05, 0) is 44.4 Å². The number of aryl methyl sites for hydroxylation is 1. The number of hydrogen-bond acceptors (Lipinski definition) is 2. The van der Waals surface area contributed by atoms with Crippen LogP contribution >= 0.6 is 0 Å². The van der Waals surface area contributed by atoms with Gasteiger partial charge in [0, 0.05) is 24.3 Å². The van der Waals surface area contributed by atoms with Crippen LogP contribution in [-0.2, 0) is 6.42 Å². The number of rotatable bonds is 4. The van der Waals surface area contributed by atoms with Crippen LogP contribution in [0.1, 0.15) is 39.2 Å². The van der Waals surface area contributed by atoms with E-state index < -0.39 is 0 Å². The van der Waals surface area contributed by atoms with E-state index in [0.717, 1.165) is 0 Å². The smallest absolute Gasteiger partial charge is 0.0374 e. The van der Waals surface area contributed by atoms with Crippen LogP contribution in [0.3, 0.4) is 0 Å². The molecule has 1 heterocycles. The maximum atomic E-state index is 3.81. The Morgan fingerprint density at radius 2 is 2.00 bits per heavy atom. The molecule has 0 aromatic heterocycles. The van der Waals surface area contributed by atoms with Crippen molar-refractivity contribution in [1.29, 1.82) is 0 Å². The van der Waals surface area contributed by atoms with Gasteiger partial charge in [-0.15, -0.1) is 0 Å². The molecule has 2 nitrogen and oxygen atoms in total. The number of nitrogens with one attached hydrogen (secondary N) is 1. The third-order valence-electron chi connectivity index (χ3n) is 4.49. The van der Waals surface area contributed by atoms with Crippen molar-refractivity contribution in [2.45, 2.75) is 52.1 Å². The molecule has 2 heteroatoms. The highest BCUT2D eigenvalue weighted by Crippen LogP contribution is 2.26. The normalized spacial score (nSPS) is 28.3. The van der Waals surface area contributed by atoms with Crippen LogP contribution in [0.5, 0.6) is 0 Å². The first-order valence-corrected chi connectivity index (χ1v) is 7.66. The van der Waals surface area contributed by atoms with E-state index in [-0.39, 0.29) is 0 Å². The van der Waals surface area contributed by atoms with E-state index in [0.29, 0.717) is 18.0 Å². The third kappa shape index (κ3) is 3.50. The van der Waals surface area contributed by atoms with Crippen LogP contribution in [0.2, 0.25) is 0 Å². The summed E-state index contributed by atoms with van der Waals surface area (Å²) in [6, 6.07) is 10.1. The molecular formula is C17H28N2. The van der Waals surface area contributed by atoms with Crippen molar-refractivity contribution < 1.29 is 0 Å². The molecule has 0 aliphatic carbocycles. The molecule has 3 unspecified atom stereocenters. The van der Waals surface area contributed by atoms with Crippen LogP contribution < -0.4 is 5.32 Å². The number of para-hydroxylation sites is 1. The Morgan fingerprint density at radius 1 is 1.26 bits per heavy atom. The lowest BCUT2D eigenvalue weighted by Crippen LogP contribution is -2.48. The Labute approximate surface area is 118 Å². The van der Waals surface area contributed by atoms with E-state index in [1.165, 1.54) is 37.1 Å². The Balaban J connectivity index is 2.08. The predicted octanol–water partition coefficient (Wildman–Crippen LogP) is 3.78. The molecule has 19 heavy (non-hydrogen) atoms. The molecular weight excluding hydrogens is 232 g/mol. The molecule has 0 spiro atoms. The topological polar surface area (TPSA) is 15.3 Å². The standard InChI is InChI=1S/C17H28N2/c1-5-8-15-9-6-7-10-16(15)18-17-11-14(3)19(4)12-13(17)2/h6-7,9-10,13-14,17-18H,5,8,11-12H2,1-4H3. The molecule has 1 fully saturated rings. The molecule has 106 valence electrons. The molecule has 1 saturated heterocycles. The summed E-state index contributed by atoms with van der Waals surface area (Å²) in [6.07, 6.45) is 3.61. The van der Waals surface area contributed by atoms with Crippen molar-refractivity contribution in [3.8, 4) is 0 Å². The summed E-state index contributed by atoms with van der Waals surface area (Å²) in [5.74, 6) is 0.705. The fourth-order valence-corrected chi connectivity index (χ4v) is 3.09. The summed E-state index contributed by atoms with van der Waals surface area (Å²) in [5, 5.41) is 3.81. The molecule has 0 amide bonds. The first kappa shape index (κ1) is 14.4. The Hall–Kier alpha value is -1.02. The molecule has 1 aromatic rings. The zero-order chi connectivity index (χ0) is 13.8. The van der Waals surface area contributed by atoms with Gasteiger partial charge in [0.05, 0.1) is 0 Å². The molecule has 3 atom stereocenters. The number of benzene rings is 1. The Morgan fingerprint density at radius 3 is 2.74 bits per heavy atom. The van der Waals surface area contributed by atoms with Crippen LogP contribution in [-0.4, -0.2) is 30.6 Å². The molecule has 1 N–H and O–H groups in total. The lowest BCUT2D eigenvalue weighted by atomic mass is 9.89. The average molecular weight is 260 g/mol. The van der Waals surface area contributed by atoms with Crippen molar-refractivity contribution in [1.82, 2.24) is 4.90 Å². The van der Waals surface area contributed by atoms with Gasteiger partial charge in [0.1, 0.15) is 0 Å². The van der Waals surface area contributed by atoms with Gasteiger partial charge in [0.25, 0.3) is 0 Å². The predicted molar refractivity (Wildman–Crippen MR) is 83.7 cm³/mol. The summed E-state index contributed by atoms with van der Waals surface area (Å²) in [7, 11) is 2.24. The van der Waals surface area contributed by atoms with Gasteiger partial charge < -0.3 is 10.2 Å². The van der Waals surface area contributed by atoms with E-state index in [1.807, 2.05) is 0 Å². The quantitative estimate of drug-likeness (QED) is 0.886. The number of hydrogen-bond donors (Lipinski definition) is 1. The van der Waals surface area contributed by atoms with Crippen molar-refractivity contribution in [2.75, 3.05) is 18.9 Å². The average Bonchev–Trinajstić information content (AvgIpc) is 2.38. The van der Waals surface area contributed by atoms with Gasteiger partial charge >= 0.3 is 0 Å². The highest BCUT2D eigenvalue weighted by atomic mass is 15.2. The molecule has 1 aliphatic heterocycles. The number of piperidine rings is 1. The van der Waals surface area contributed by atoms with Crippen LogP contribution in [0.4, 0.5) is 5.69 Å². The van der Waals surface area contributed by atoms with E-state index in [1.54, 1.807) is 0 Å². The monoisotopic (exact) mass is 260 g/mol. The van der Waals surface area contributed by atoms with Crippen molar-refractivity contribution in [3.05, 3.63) is 29.8 Å². The van der Waals surface area contributed by atoms with E-state index in [4.69, 9.17) is 0 Å². The lowest BCUT2D eigenvalue weighted by molar-refractivity contribution is 0.145. The summed E-state index contributed by atoms with van der Waals surface area (Å²) < 4.78 is 0. The first-order chi connectivity index (χ1) is 9.11. The maximum absolute atomic E-state index is 3.81. The summed E-state index contributed by atoms with van der Waals surface area (Å²) in [6.45, 7) is 8.13. The fraction of sp³-hybridized carbons (Fsp3) is 0.647. The summed E-state index contributed by atoms with van der Waals surface area (Å²) in [5.41, 5.74) is 2.81. The SMILES string of the molecule is CCCc1ccccc1NC1CC(C)N(C)CC1C. The molecule has 0 radical (unpaired) electrons. The second-order valence-corrected chi connectivity index (χ2v) is 6.16. The highest BCUT2D eigenvalue weighted by molar-refractivity contribution is 5.52. The molecule has 1 aliphatic rings. The van der Waals surface area contributed by atoms with E-state index in [2.05, 4.69) is 62.3 Å². The van der Waals surface area contributed by atoms with Crippen LogP contribution in [0, 0.1) is 5.92 Å². The summed E-state index contributed by atoms with van der Waals surface area (Å²) in [4.78, 5) is 2.47. The van der Waals surface area contributed by atoms with Gasteiger partial charge in [-0.2, -0.15) is 0 Å². The van der Waals surface area contributed by atoms with Crippen molar-refractivity contribution in [2.24, 2.45) is 5.92 Å². The fourth-order valence-electron chi connectivity index (χ4n) is 3.09. The molecule has 1 aromatic carbocycles. The molecule has 0 saturated carbocycles. The largest absolute Gasteiger partial charge is 0.382 e. The highest BCUT2D eigenvalue weighted by Gasteiger charge is 2.28. The maximum Gasteiger partial charge on any atom is 0.0374 e. The zero-order valence-electron chi connectivity index (χ0n) is 12.8. The van der Waals surface area contributed by atoms with Crippen LogP contribution in [0.25, 0.3) is 0 Å². The number of likely N-dealkylation sites (tertiary alicyclic amines) is 1. The Kier molecular flexibility index (Phi) is 4.87.